The molecule has 0 aliphatic heterocycles. The Labute approximate surface area is 107 Å². The van der Waals surface area contributed by atoms with Gasteiger partial charge in [-0.2, -0.15) is 9.65 Å². The Morgan fingerprint density at radius 1 is 1.42 bits per heavy atom. The molecule has 1 rings (SSSR count). The number of nitriles is 1. The van der Waals surface area contributed by atoms with Gasteiger partial charge in [0.25, 0.3) is 5.91 Å². The zero-order chi connectivity index (χ0) is 14.8. The van der Waals surface area contributed by atoms with E-state index in [1.165, 1.54) is 13.8 Å². The number of amides is 1. The first-order chi connectivity index (χ1) is 8.69. The molecular weight excluding hydrogens is 261 g/mol. The maximum Gasteiger partial charge on any atom is 0.254 e. The van der Waals surface area contributed by atoms with E-state index >= 15 is 0 Å². The Bertz CT molecular complexity index is 565. The van der Waals surface area contributed by atoms with Gasteiger partial charge in [0.1, 0.15) is 0 Å². The summed E-state index contributed by atoms with van der Waals surface area (Å²) < 4.78 is 39.2. The van der Waals surface area contributed by atoms with Gasteiger partial charge in [-0.3, -0.25) is 4.79 Å². The quantitative estimate of drug-likeness (QED) is 0.827. The Hall–Kier alpha value is -2.23. The molecule has 19 heavy (non-hydrogen) atoms. The van der Waals surface area contributed by atoms with Crippen molar-refractivity contribution in [2.45, 2.75) is 13.8 Å². The molecule has 7 heteroatoms. The highest BCUT2D eigenvalue weighted by atomic mass is 19.2. The predicted molar refractivity (Wildman–Crippen MR) is 59.7 cm³/mol. The van der Waals surface area contributed by atoms with Crippen LogP contribution in [0.1, 0.15) is 24.2 Å². The van der Waals surface area contributed by atoms with E-state index < -0.39 is 40.1 Å². The smallest absolute Gasteiger partial charge is 0.254 e. The molecule has 0 saturated carbocycles. The average molecular weight is 272 g/mol. The highest BCUT2D eigenvalue weighted by Crippen LogP contribution is 2.25. The molecule has 0 saturated heterocycles. The summed E-state index contributed by atoms with van der Waals surface area (Å²) in [6.45, 7) is 2.96. The normalized spacial score (nSPS) is 10.9. The van der Waals surface area contributed by atoms with Gasteiger partial charge in [-0.05, 0) is 19.9 Å². The minimum atomic E-state index is -1.76. The lowest BCUT2D eigenvalue weighted by Gasteiger charge is -2.16. The lowest BCUT2D eigenvalue weighted by atomic mass is 9.96. The molecule has 0 aliphatic rings. The van der Waals surface area contributed by atoms with Gasteiger partial charge in [0.05, 0.1) is 17.0 Å². The van der Waals surface area contributed by atoms with Crippen LogP contribution < -0.4 is 5.32 Å². The standard InChI is InChI=1S/C12H11F3N2O2/c1-12(2,4-16)5-17-11(19)6-3-7(13)9(15)10(18)8(6)14/h3,18H,5H2,1-2H3,(H,17,19). The summed E-state index contributed by atoms with van der Waals surface area (Å²) in [6.07, 6.45) is 0. The molecule has 0 heterocycles. The second-order valence-electron chi connectivity index (χ2n) is 4.56. The Morgan fingerprint density at radius 3 is 2.53 bits per heavy atom. The molecule has 0 radical (unpaired) electrons. The summed E-state index contributed by atoms with van der Waals surface area (Å²) in [5, 5.41) is 19.9. The van der Waals surface area contributed by atoms with Gasteiger partial charge in [0.2, 0.25) is 5.82 Å². The molecular formula is C12H11F3N2O2. The van der Waals surface area contributed by atoms with Gasteiger partial charge in [0.15, 0.2) is 17.4 Å². The van der Waals surface area contributed by atoms with Gasteiger partial charge >= 0.3 is 0 Å². The van der Waals surface area contributed by atoms with Crippen molar-refractivity contribution in [2.24, 2.45) is 5.41 Å². The highest BCUT2D eigenvalue weighted by Gasteiger charge is 2.24. The maximum atomic E-state index is 13.4. The lowest BCUT2D eigenvalue weighted by Crippen LogP contribution is -2.33. The number of carbonyl (C=O) groups excluding carboxylic acids is 1. The number of hydrogen-bond acceptors (Lipinski definition) is 3. The van der Waals surface area contributed by atoms with E-state index in [2.05, 4.69) is 5.32 Å². The van der Waals surface area contributed by atoms with Crippen LogP contribution in [0.5, 0.6) is 5.75 Å². The average Bonchev–Trinajstić information content (AvgIpc) is 2.38. The summed E-state index contributed by atoms with van der Waals surface area (Å²) in [5.74, 6) is -7.44. The Balaban J connectivity index is 3.00. The summed E-state index contributed by atoms with van der Waals surface area (Å²) in [4.78, 5) is 11.6. The van der Waals surface area contributed by atoms with Crippen molar-refractivity contribution >= 4 is 5.91 Å². The molecule has 0 aromatic heterocycles. The third-order valence-corrected chi connectivity index (χ3v) is 2.37. The van der Waals surface area contributed by atoms with Gasteiger partial charge in [-0.1, -0.05) is 0 Å². The van der Waals surface area contributed by atoms with E-state index in [4.69, 9.17) is 10.4 Å². The summed E-state index contributed by atoms with van der Waals surface area (Å²) in [7, 11) is 0. The third kappa shape index (κ3) is 3.16. The predicted octanol–water partition coefficient (Wildman–Crippen LogP) is 2.09. The topological polar surface area (TPSA) is 73.1 Å². The number of aromatic hydroxyl groups is 1. The van der Waals surface area contributed by atoms with Crippen LogP contribution in [-0.2, 0) is 0 Å². The largest absolute Gasteiger partial charge is 0.503 e. The molecule has 1 aromatic rings. The van der Waals surface area contributed by atoms with E-state index in [1.54, 1.807) is 0 Å². The van der Waals surface area contributed by atoms with Crippen LogP contribution in [0.4, 0.5) is 13.2 Å². The number of hydrogen-bond donors (Lipinski definition) is 2. The first kappa shape index (κ1) is 14.8. The number of rotatable bonds is 3. The molecule has 4 nitrogen and oxygen atoms in total. The lowest BCUT2D eigenvalue weighted by molar-refractivity contribution is 0.0938. The van der Waals surface area contributed by atoms with Gasteiger partial charge in [-0.15, -0.1) is 0 Å². The molecule has 2 N–H and O–H groups in total. The van der Waals surface area contributed by atoms with Crippen molar-refractivity contribution in [3.05, 3.63) is 29.1 Å². The maximum absolute atomic E-state index is 13.4. The summed E-state index contributed by atoms with van der Waals surface area (Å²) in [5.41, 5.74) is -1.72. The fourth-order valence-corrected chi connectivity index (χ4v) is 1.19. The van der Waals surface area contributed by atoms with Crippen molar-refractivity contribution in [1.29, 1.82) is 5.26 Å². The molecule has 0 unspecified atom stereocenters. The van der Waals surface area contributed by atoms with Crippen LogP contribution in [0.2, 0.25) is 0 Å². The molecule has 1 aromatic carbocycles. The van der Waals surface area contributed by atoms with Crippen LogP contribution in [0.3, 0.4) is 0 Å². The molecule has 0 fully saturated rings. The molecule has 0 aliphatic carbocycles. The summed E-state index contributed by atoms with van der Waals surface area (Å²) >= 11 is 0. The molecule has 0 spiro atoms. The third-order valence-electron chi connectivity index (χ3n) is 2.37. The number of nitrogens with zero attached hydrogens (tertiary/aromatic N) is 1. The fraction of sp³-hybridized carbons (Fsp3) is 0.333. The second-order valence-corrected chi connectivity index (χ2v) is 4.56. The number of phenols is 1. The number of phenolic OH excluding ortho intramolecular Hbond substituents is 1. The van der Waals surface area contributed by atoms with E-state index in [1.807, 2.05) is 6.07 Å². The van der Waals surface area contributed by atoms with E-state index in [0.29, 0.717) is 6.07 Å². The molecule has 0 atom stereocenters. The van der Waals surface area contributed by atoms with Crippen LogP contribution in [0, 0.1) is 34.2 Å². The number of carbonyl (C=O) groups is 1. The van der Waals surface area contributed by atoms with Gasteiger partial charge in [-0.25, -0.2) is 8.78 Å². The Morgan fingerprint density at radius 2 is 2.00 bits per heavy atom. The van der Waals surface area contributed by atoms with Crippen LogP contribution >= 0.6 is 0 Å². The van der Waals surface area contributed by atoms with Gasteiger partial charge < -0.3 is 10.4 Å². The van der Waals surface area contributed by atoms with E-state index in [-0.39, 0.29) is 6.54 Å². The first-order valence-corrected chi connectivity index (χ1v) is 5.25. The van der Waals surface area contributed by atoms with Crippen molar-refractivity contribution in [2.75, 3.05) is 6.54 Å². The van der Waals surface area contributed by atoms with E-state index in [9.17, 15) is 18.0 Å². The van der Waals surface area contributed by atoms with Crippen molar-refractivity contribution in [3.63, 3.8) is 0 Å². The first-order valence-electron chi connectivity index (χ1n) is 5.25. The van der Waals surface area contributed by atoms with Crippen molar-refractivity contribution in [3.8, 4) is 11.8 Å². The van der Waals surface area contributed by atoms with Crippen LogP contribution in [-0.4, -0.2) is 17.6 Å². The summed E-state index contributed by atoms with van der Waals surface area (Å²) in [6, 6.07) is 2.25. The zero-order valence-corrected chi connectivity index (χ0v) is 10.2. The number of nitrogens with one attached hydrogen (secondary N) is 1. The fourth-order valence-electron chi connectivity index (χ4n) is 1.19. The molecule has 0 bridgehead atoms. The van der Waals surface area contributed by atoms with Crippen molar-refractivity contribution in [1.82, 2.24) is 5.32 Å². The Kier molecular flexibility index (Phi) is 4.04. The minimum absolute atomic E-state index is 0.110. The van der Waals surface area contributed by atoms with Crippen LogP contribution in [0.25, 0.3) is 0 Å². The van der Waals surface area contributed by atoms with Crippen LogP contribution in [0.15, 0.2) is 6.07 Å². The number of benzene rings is 1. The SMILES string of the molecule is CC(C)(C#N)CNC(=O)c1cc(F)c(F)c(O)c1F. The van der Waals surface area contributed by atoms with Crippen molar-refractivity contribution < 1.29 is 23.1 Å². The van der Waals surface area contributed by atoms with Gasteiger partial charge in [0, 0.05) is 6.54 Å². The number of halogens is 3. The monoisotopic (exact) mass is 272 g/mol. The van der Waals surface area contributed by atoms with E-state index in [0.717, 1.165) is 0 Å². The second kappa shape index (κ2) is 5.18. The zero-order valence-electron chi connectivity index (χ0n) is 10.2. The highest BCUT2D eigenvalue weighted by molar-refractivity contribution is 5.95. The minimum Gasteiger partial charge on any atom is -0.503 e. The molecule has 1 amide bonds. The molecule has 102 valence electrons.